The first kappa shape index (κ1) is 12.9. The molecule has 2 aliphatic heterocycles. The largest absolute Gasteiger partial charge is 0.416 e. The molecule has 2 heterocycles. The molecule has 2 nitrogen and oxygen atoms in total. The number of hydrogen-bond acceptors (Lipinski definition) is 2. The third-order valence-corrected chi connectivity index (χ3v) is 4.06. The maximum atomic E-state index is 13.2. The SMILES string of the molecule is CCc1cc2c(c(C(F)(F)F)c1)COC1CNCC21. The molecular formula is C14H16F3NO. The summed E-state index contributed by atoms with van der Waals surface area (Å²) in [6, 6.07) is 3.20. The number of fused-ring (bicyclic) bond motifs is 3. The van der Waals surface area contributed by atoms with Crippen LogP contribution in [0.1, 0.15) is 35.1 Å². The predicted octanol–water partition coefficient (Wildman–Crippen LogP) is 2.85. The van der Waals surface area contributed by atoms with Crippen LogP contribution in [-0.4, -0.2) is 19.2 Å². The molecule has 19 heavy (non-hydrogen) atoms. The van der Waals surface area contributed by atoms with Crippen LogP contribution in [0.3, 0.4) is 0 Å². The molecule has 0 spiro atoms. The Morgan fingerprint density at radius 2 is 2.11 bits per heavy atom. The van der Waals surface area contributed by atoms with Crippen LogP contribution >= 0.6 is 0 Å². The van der Waals surface area contributed by atoms with Gasteiger partial charge >= 0.3 is 6.18 Å². The lowest BCUT2D eigenvalue weighted by atomic mass is 9.85. The highest BCUT2D eigenvalue weighted by Crippen LogP contribution is 2.41. The minimum absolute atomic E-state index is 0.0145. The molecule has 5 heteroatoms. The summed E-state index contributed by atoms with van der Waals surface area (Å²) >= 11 is 0. The fraction of sp³-hybridized carbons (Fsp3) is 0.571. The summed E-state index contributed by atoms with van der Waals surface area (Å²) in [5, 5.41) is 3.19. The number of ether oxygens (including phenoxy) is 1. The highest BCUT2D eigenvalue weighted by atomic mass is 19.4. The molecule has 1 saturated heterocycles. The van der Waals surface area contributed by atoms with E-state index in [4.69, 9.17) is 4.74 Å². The summed E-state index contributed by atoms with van der Waals surface area (Å²) in [7, 11) is 0. The number of rotatable bonds is 1. The standard InChI is InChI=1S/C14H16F3NO/c1-2-8-3-9-10-5-18-6-13(10)19-7-11(9)12(4-8)14(15,16)17/h3-4,10,13,18H,2,5-7H2,1H3. The molecule has 1 aromatic carbocycles. The normalized spacial score (nSPS) is 26.1. The third kappa shape index (κ3) is 2.15. The first-order valence-corrected chi connectivity index (χ1v) is 6.56. The molecule has 2 atom stereocenters. The summed E-state index contributed by atoms with van der Waals surface area (Å²) in [4.78, 5) is 0. The molecule has 0 amide bonds. The van der Waals surface area contributed by atoms with Crippen molar-refractivity contribution in [3.63, 3.8) is 0 Å². The molecule has 1 N–H and O–H groups in total. The first-order valence-electron chi connectivity index (χ1n) is 6.56. The number of halogens is 3. The van der Waals surface area contributed by atoms with Crippen molar-refractivity contribution < 1.29 is 17.9 Å². The van der Waals surface area contributed by atoms with E-state index in [-0.39, 0.29) is 18.6 Å². The van der Waals surface area contributed by atoms with Crippen LogP contribution in [0.5, 0.6) is 0 Å². The summed E-state index contributed by atoms with van der Waals surface area (Å²) in [6.45, 7) is 3.37. The van der Waals surface area contributed by atoms with E-state index in [1.807, 2.05) is 13.0 Å². The number of aryl methyl sites for hydroxylation is 1. The second-order valence-electron chi connectivity index (χ2n) is 5.18. The molecule has 0 radical (unpaired) electrons. The van der Waals surface area contributed by atoms with E-state index in [9.17, 15) is 13.2 Å². The van der Waals surface area contributed by atoms with E-state index < -0.39 is 11.7 Å². The molecule has 0 bridgehead atoms. The van der Waals surface area contributed by atoms with E-state index in [0.717, 1.165) is 17.7 Å². The highest BCUT2D eigenvalue weighted by molar-refractivity contribution is 5.45. The average molecular weight is 271 g/mol. The number of benzene rings is 1. The molecule has 0 aliphatic carbocycles. The summed E-state index contributed by atoms with van der Waals surface area (Å²) in [5.41, 5.74) is 1.38. The maximum absolute atomic E-state index is 13.2. The summed E-state index contributed by atoms with van der Waals surface area (Å²) in [6.07, 6.45) is -3.68. The smallest absolute Gasteiger partial charge is 0.372 e. The van der Waals surface area contributed by atoms with E-state index in [1.54, 1.807) is 0 Å². The summed E-state index contributed by atoms with van der Waals surface area (Å²) < 4.78 is 45.1. The molecule has 104 valence electrons. The molecule has 1 aromatic rings. The Labute approximate surface area is 109 Å². The van der Waals surface area contributed by atoms with Gasteiger partial charge in [-0.3, -0.25) is 0 Å². The van der Waals surface area contributed by atoms with Crippen molar-refractivity contribution in [1.82, 2.24) is 5.32 Å². The minimum atomic E-state index is -4.31. The van der Waals surface area contributed by atoms with Crippen molar-refractivity contribution in [2.45, 2.75) is 38.1 Å². The molecule has 0 aromatic heterocycles. The first-order chi connectivity index (χ1) is 9.00. The lowest BCUT2D eigenvalue weighted by Crippen LogP contribution is -2.29. The van der Waals surface area contributed by atoms with E-state index >= 15 is 0 Å². The van der Waals surface area contributed by atoms with Crippen molar-refractivity contribution in [1.29, 1.82) is 0 Å². The number of alkyl halides is 3. The van der Waals surface area contributed by atoms with Gasteiger partial charge in [0.25, 0.3) is 0 Å². The monoisotopic (exact) mass is 271 g/mol. The topological polar surface area (TPSA) is 21.3 Å². The van der Waals surface area contributed by atoms with Gasteiger partial charge in [0.1, 0.15) is 0 Å². The van der Waals surface area contributed by atoms with Crippen molar-refractivity contribution in [3.05, 3.63) is 34.4 Å². The quantitative estimate of drug-likeness (QED) is 0.848. The van der Waals surface area contributed by atoms with Crippen LogP contribution in [0.2, 0.25) is 0 Å². The van der Waals surface area contributed by atoms with E-state index in [1.165, 1.54) is 6.07 Å². The van der Waals surface area contributed by atoms with Crippen LogP contribution < -0.4 is 5.32 Å². The molecule has 2 aliphatic rings. The fourth-order valence-corrected chi connectivity index (χ4v) is 3.04. The Morgan fingerprint density at radius 1 is 1.32 bits per heavy atom. The maximum Gasteiger partial charge on any atom is 0.416 e. The van der Waals surface area contributed by atoms with Crippen molar-refractivity contribution >= 4 is 0 Å². The number of hydrogen-bond donors (Lipinski definition) is 1. The van der Waals surface area contributed by atoms with E-state index in [0.29, 0.717) is 18.5 Å². The predicted molar refractivity (Wildman–Crippen MR) is 65.0 cm³/mol. The van der Waals surface area contributed by atoms with Crippen molar-refractivity contribution in [2.24, 2.45) is 0 Å². The van der Waals surface area contributed by atoms with Gasteiger partial charge in [-0.15, -0.1) is 0 Å². The van der Waals surface area contributed by atoms with Crippen LogP contribution in [0.4, 0.5) is 13.2 Å². The minimum Gasteiger partial charge on any atom is -0.372 e. The molecule has 2 unspecified atom stereocenters. The van der Waals surface area contributed by atoms with Gasteiger partial charge < -0.3 is 10.1 Å². The van der Waals surface area contributed by atoms with Crippen LogP contribution in [0.25, 0.3) is 0 Å². The van der Waals surface area contributed by atoms with Crippen LogP contribution in [-0.2, 0) is 23.9 Å². The second-order valence-corrected chi connectivity index (χ2v) is 5.18. The van der Waals surface area contributed by atoms with Gasteiger partial charge in [-0.05, 0) is 29.2 Å². The highest BCUT2D eigenvalue weighted by Gasteiger charge is 2.41. The van der Waals surface area contributed by atoms with Gasteiger partial charge in [-0.1, -0.05) is 13.0 Å². The van der Waals surface area contributed by atoms with Gasteiger partial charge in [0.2, 0.25) is 0 Å². The number of nitrogens with one attached hydrogen (secondary N) is 1. The lowest BCUT2D eigenvalue weighted by molar-refractivity contribution is -0.139. The van der Waals surface area contributed by atoms with Crippen LogP contribution in [0, 0.1) is 0 Å². The third-order valence-electron chi connectivity index (χ3n) is 4.06. The molecule has 0 saturated carbocycles. The fourth-order valence-electron chi connectivity index (χ4n) is 3.04. The summed E-state index contributed by atoms with van der Waals surface area (Å²) in [5.74, 6) is 0.0522. The van der Waals surface area contributed by atoms with Gasteiger partial charge in [0, 0.05) is 19.0 Å². The van der Waals surface area contributed by atoms with Gasteiger partial charge in [-0.25, -0.2) is 0 Å². The van der Waals surface area contributed by atoms with Gasteiger partial charge in [0.05, 0.1) is 18.3 Å². The average Bonchev–Trinajstić information content (AvgIpc) is 2.84. The van der Waals surface area contributed by atoms with Gasteiger partial charge in [-0.2, -0.15) is 13.2 Å². The lowest BCUT2D eigenvalue weighted by Gasteiger charge is -2.30. The second kappa shape index (κ2) is 4.49. The molecule has 3 rings (SSSR count). The Morgan fingerprint density at radius 3 is 2.79 bits per heavy atom. The van der Waals surface area contributed by atoms with E-state index in [2.05, 4.69) is 5.32 Å². The Balaban J connectivity index is 2.15. The van der Waals surface area contributed by atoms with Crippen molar-refractivity contribution in [2.75, 3.05) is 13.1 Å². The Bertz CT molecular complexity index is 498. The van der Waals surface area contributed by atoms with Gasteiger partial charge in [0.15, 0.2) is 0 Å². The Hall–Kier alpha value is -1.07. The zero-order valence-corrected chi connectivity index (χ0v) is 10.7. The van der Waals surface area contributed by atoms with Crippen LogP contribution in [0.15, 0.2) is 12.1 Å². The van der Waals surface area contributed by atoms with Crippen molar-refractivity contribution in [3.8, 4) is 0 Å². The molecular weight excluding hydrogens is 255 g/mol. The Kier molecular flexibility index (Phi) is 3.06. The zero-order chi connectivity index (χ0) is 13.6. The molecule has 1 fully saturated rings. The zero-order valence-electron chi connectivity index (χ0n) is 10.7.